The molecule has 0 spiro atoms. The Hall–Kier alpha value is -1.70. The zero-order valence-electron chi connectivity index (χ0n) is 13.2. The summed E-state index contributed by atoms with van der Waals surface area (Å²) in [5.74, 6) is 1.13. The summed E-state index contributed by atoms with van der Waals surface area (Å²) in [4.78, 5) is 13.2. The molecule has 0 fully saturated rings. The number of benzene rings is 1. The zero-order chi connectivity index (χ0) is 17.5. The van der Waals surface area contributed by atoms with Gasteiger partial charge in [0.05, 0.1) is 17.7 Å². The van der Waals surface area contributed by atoms with E-state index in [1.54, 1.807) is 12.1 Å². The van der Waals surface area contributed by atoms with Crippen molar-refractivity contribution in [3.63, 3.8) is 0 Å². The number of hydrogen-bond acceptors (Lipinski definition) is 5. The number of thiophene rings is 1. The van der Waals surface area contributed by atoms with Crippen LogP contribution >= 0.6 is 22.9 Å². The maximum Gasteiger partial charge on any atom is 0.427 e. The largest absolute Gasteiger partial charge is 0.452 e. The topological polar surface area (TPSA) is 67.8 Å². The third-order valence-corrected chi connectivity index (χ3v) is 5.89. The number of nitrogens with one attached hydrogen (secondary N) is 1. The fourth-order valence-corrected chi connectivity index (χ4v) is 4.05. The van der Waals surface area contributed by atoms with Gasteiger partial charge in [-0.15, -0.1) is 11.3 Å². The van der Waals surface area contributed by atoms with E-state index in [-0.39, 0.29) is 0 Å². The Balaban J connectivity index is 2.33. The second-order valence-corrected chi connectivity index (χ2v) is 8.06. The van der Waals surface area contributed by atoms with Gasteiger partial charge in [0.25, 0.3) is 0 Å². The summed E-state index contributed by atoms with van der Waals surface area (Å²) in [6.45, 7) is 1.89. The number of hydrogen-bond donors (Lipinski definition) is 1. The van der Waals surface area contributed by atoms with Gasteiger partial charge in [0.2, 0.25) is 0 Å². The smallest absolute Gasteiger partial charge is 0.427 e. The van der Waals surface area contributed by atoms with Gasteiger partial charge < -0.3 is 4.74 Å². The van der Waals surface area contributed by atoms with Crippen LogP contribution in [0.15, 0.2) is 41.5 Å². The predicted octanol–water partition coefficient (Wildman–Crippen LogP) is 3.78. The molecule has 0 aliphatic heterocycles. The molecular formula is C16H17ClN2O3S2. The van der Waals surface area contributed by atoms with Crippen LogP contribution < -0.4 is 5.43 Å². The second-order valence-electron chi connectivity index (χ2n) is 4.71. The van der Waals surface area contributed by atoms with Crippen molar-refractivity contribution in [1.29, 1.82) is 0 Å². The maximum atomic E-state index is 11.7. The molecule has 8 heteroatoms. The van der Waals surface area contributed by atoms with E-state index in [1.165, 1.54) is 18.4 Å². The molecule has 5 nitrogen and oxygen atoms in total. The van der Waals surface area contributed by atoms with Crippen LogP contribution in [-0.4, -0.2) is 28.9 Å². The van der Waals surface area contributed by atoms with E-state index >= 15 is 0 Å². The molecule has 0 aliphatic rings. The average molecular weight is 385 g/mol. The van der Waals surface area contributed by atoms with E-state index in [0.717, 1.165) is 15.3 Å². The number of rotatable bonds is 6. The molecule has 1 atom stereocenters. The lowest BCUT2D eigenvalue weighted by molar-refractivity contribution is 0.171. The molecule has 24 heavy (non-hydrogen) atoms. The molecule has 1 aromatic carbocycles. The first-order valence-corrected chi connectivity index (χ1v) is 9.83. The van der Waals surface area contributed by atoms with E-state index in [1.807, 2.05) is 31.2 Å². The number of carbonyl (C=O) groups excluding carboxylic acids is 1. The summed E-state index contributed by atoms with van der Waals surface area (Å²) in [6.07, 6.45) is -0.648. The first kappa shape index (κ1) is 18.6. The third kappa shape index (κ3) is 5.15. The first-order valence-electron chi connectivity index (χ1n) is 7.15. The standard InChI is InChI=1S/C16H17ClN2O3S2/c1-3-24(21)10-13-8-9-14(23-13)15(18-19-16(20)22-2)11-4-6-12(17)7-5-11/h4-9H,3,10H2,1-2H3,(H,19,20). The Labute approximate surface area is 152 Å². The van der Waals surface area contributed by atoms with Crippen LogP contribution in [0.25, 0.3) is 0 Å². The predicted molar refractivity (Wildman–Crippen MR) is 99.3 cm³/mol. The van der Waals surface area contributed by atoms with Crippen LogP contribution in [0.5, 0.6) is 0 Å². The fourth-order valence-electron chi connectivity index (χ4n) is 1.86. The van der Waals surface area contributed by atoms with Gasteiger partial charge in [-0.05, 0) is 24.3 Å². The van der Waals surface area contributed by atoms with Crippen LogP contribution in [0.4, 0.5) is 4.79 Å². The van der Waals surface area contributed by atoms with E-state index in [4.69, 9.17) is 11.6 Å². The Kier molecular flexibility index (Phi) is 6.96. The lowest BCUT2D eigenvalue weighted by Gasteiger charge is -2.05. The Morgan fingerprint density at radius 3 is 2.62 bits per heavy atom. The van der Waals surface area contributed by atoms with Crippen LogP contribution in [-0.2, 0) is 21.3 Å². The molecule has 128 valence electrons. The van der Waals surface area contributed by atoms with Crippen molar-refractivity contribution in [2.24, 2.45) is 5.10 Å². The molecule has 1 N–H and O–H groups in total. The number of nitrogens with zero attached hydrogens (tertiary/aromatic N) is 1. The van der Waals surface area contributed by atoms with Crippen molar-refractivity contribution in [2.45, 2.75) is 12.7 Å². The minimum Gasteiger partial charge on any atom is -0.452 e. The summed E-state index contributed by atoms with van der Waals surface area (Å²) in [7, 11) is 0.399. The Morgan fingerprint density at radius 1 is 1.29 bits per heavy atom. The van der Waals surface area contributed by atoms with E-state index < -0.39 is 16.9 Å². The third-order valence-electron chi connectivity index (χ3n) is 3.08. The highest BCUT2D eigenvalue weighted by Crippen LogP contribution is 2.23. The number of halogens is 1. The number of hydrazone groups is 1. The monoisotopic (exact) mass is 384 g/mol. The van der Waals surface area contributed by atoms with Crippen LogP contribution in [0.3, 0.4) is 0 Å². The molecule has 0 saturated heterocycles. The number of ether oxygens (including phenoxy) is 1. The SMILES string of the molecule is CCS(=O)Cc1ccc(C(=NNC(=O)OC)c2ccc(Cl)cc2)s1. The number of carbonyl (C=O) groups is 1. The summed E-state index contributed by atoms with van der Waals surface area (Å²) in [5.41, 5.74) is 3.75. The fraction of sp³-hybridized carbons (Fsp3) is 0.250. The van der Waals surface area contributed by atoms with Crippen molar-refractivity contribution in [3.05, 3.63) is 56.7 Å². The lowest BCUT2D eigenvalue weighted by atomic mass is 10.1. The van der Waals surface area contributed by atoms with Gasteiger partial charge >= 0.3 is 6.09 Å². The van der Waals surface area contributed by atoms with Crippen molar-refractivity contribution in [1.82, 2.24) is 5.43 Å². The first-order chi connectivity index (χ1) is 11.5. The molecule has 1 amide bonds. The highest BCUT2D eigenvalue weighted by atomic mass is 35.5. The van der Waals surface area contributed by atoms with Crippen molar-refractivity contribution in [2.75, 3.05) is 12.9 Å². The van der Waals surface area contributed by atoms with Gasteiger partial charge in [0.1, 0.15) is 5.71 Å². The van der Waals surface area contributed by atoms with Gasteiger partial charge in [0.15, 0.2) is 0 Å². The van der Waals surface area contributed by atoms with E-state index in [2.05, 4.69) is 15.3 Å². The zero-order valence-corrected chi connectivity index (χ0v) is 15.6. The molecule has 2 aromatic rings. The van der Waals surface area contributed by atoms with E-state index in [9.17, 15) is 9.00 Å². The summed E-state index contributed by atoms with van der Waals surface area (Å²) in [5, 5.41) is 4.78. The second kappa shape index (κ2) is 8.96. The molecular weight excluding hydrogens is 368 g/mol. The lowest BCUT2D eigenvalue weighted by Crippen LogP contribution is -2.19. The number of methoxy groups -OCH3 is 1. The minimum atomic E-state index is -0.875. The number of amides is 1. The normalized spacial score (nSPS) is 12.7. The summed E-state index contributed by atoms with van der Waals surface area (Å²) < 4.78 is 16.3. The molecule has 0 aliphatic carbocycles. The molecule has 0 radical (unpaired) electrons. The molecule has 1 heterocycles. The van der Waals surface area contributed by atoms with Gasteiger partial charge in [-0.2, -0.15) is 5.10 Å². The van der Waals surface area contributed by atoms with Gasteiger partial charge in [-0.1, -0.05) is 30.7 Å². The van der Waals surface area contributed by atoms with Gasteiger partial charge in [-0.25, -0.2) is 10.2 Å². The highest BCUT2D eigenvalue weighted by Gasteiger charge is 2.12. The van der Waals surface area contributed by atoms with Crippen molar-refractivity contribution >= 4 is 45.5 Å². The highest BCUT2D eigenvalue weighted by molar-refractivity contribution is 7.84. The van der Waals surface area contributed by atoms with Crippen molar-refractivity contribution < 1.29 is 13.7 Å². The van der Waals surface area contributed by atoms with Crippen molar-refractivity contribution in [3.8, 4) is 0 Å². The van der Waals surface area contributed by atoms with Gasteiger partial charge in [-0.3, -0.25) is 4.21 Å². The quantitative estimate of drug-likeness (QED) is 0.608. The molecule has 0 bridgehead atoms. The summed E-state index contributed by atoms with van der Waals surface area (Å²) >= 11 is 7.42. The van der Waals surface area contributed by atoms with Crippen LogP contribution in [0.1, 0.15) is 22.2 Å². The maximum absolute atomic E-state index is 11.7. The van der Waals surface area contributed by atoms with Crippen LogP contribution in [0.2, 0.25) is 5.02 Å². The van der Waals surface area contributed by atoms with Crippen LogP contribution in [0, 0.1) is 0 Å². The summed E-state index contributed by atoms with van der Waals surface area (Å²) in [6, 6.07) is 11.0. The Morgan fingerprint density at radius 2 is 2.00 bits per heavy atom. The average Bonchev–Trinajstić information content (AvgIpc) is 3.04. The Bertz CT molecular complexity index is 757. The molecule has 0 saturated carbocycles. The molecule has 1 aromatic heterocycles. The molecule has 2 rings (SSSR count). The minimum absolute atomic E-state index is 0.513. The molecule has 1 unspecified atom stereocenters. The van der Waals surface area contributed by atoms with Gasteiger partial charge in [0, 0.05) is 32.0 Å². The van der Waals surface area contributed by atoms with E-state index in [0.29, 0.717) is 22.2 Å².